The summed E-state index contributed by atoms with van der Waals surface area (Å²) >= 11 is 0. The van der Waals surface area contributed by atoms with E-state index in [2.05, 4.69) is 11.5 Å². The Bertz CT molecular complexity index is 854. The van der Waals surface area contributed by atoms with Crippen LogP contribution in [0.1, 0.15) is 0 Å². The molecule has 0 fully saturated rings. The third-order valence-electron chi connectivity index (χ3n) is 3.87. The second-order valence-electron chi connectivity index (χ2n) is 6.55. The standard InChI is InChI=1S/C12H6F20N4O2/c13-3(1(33)34,9(23,24)25)37-11(29,30)7(19,20)5(15,16)6(17,18)8(21,22)12(31,32)38-4(14,2(35)36)10(26,27)28/h(H3,33,34)(H3,35,36). The van der Waals surface area contributed by atoms with Gasteiger partial charge in [0.25, 0.3) is 0 Å². The van der Waals surface area contributed by atoms with Gasteiger partial charge in [-0.05, 0) is 0 Å². The Hall–Kier alpha value is -2.54. The molecule has 2 atom stereocenters. The van der Waals surface area contributed by atoms with Crippen LogP contribution >= 0.6 is 0 Å². The minimum absolute atomic E-state index is 1.60. The molecule has 0 saturated heterocycles. The molecular weight excluding hydrogens is 612 g/mol. The monoisotopic (exact) mass is 618 g/mol. The minimum Gasteiger partial charge on any atom is -0.383 e. The van der Waals surface area contributed by atoms with Crippen LogP contribution in [0.4, 0.5) is 87.8 Å². The van der Waals surface area contributed by atoms with E-state index >= 15 is 0 Å². The lowest BCUT2D eigenvalue weighted by atomic mass is 9.96. The maximum absolute atomic E-state index is 13.6. The number of halogens is 20. The van der Waals surface area contributed by atoms with Crippen molar-refractivity contribution in [1.82, 2.24) is 0 Å². The highest BCUT2D eigenvalue weighted by molar-refractivity contribution is 5.85. The highest BCUT2D eigenvalue weighted by Crippen LogP contribution is 2.62. The maximum Gasteiger partial charge on any atom is 0.456 e. The Morgan fingerprint density at radius 2 is 0.579 bits per heavy atom. The van der Waals surface area contributed by atoms with Crippen molar-refractivity contribution >= 4 is 11.7 Å². The molecule has 6 nitrogen and oxygen atoms in total. The van der Waals surface area contributed by atoms with Gasteiger partial charge in [-0.15, -0.1) is 0 Å². The second-order valence-corrected chi connectivity index (χ2v) is 6.55. The van der Waals surface area contributed by atoms with E-state index in [9.17, 15) is 87.8 Å². The molecule has 0 spiro atoms. The summed E-state index contributed by atoms with van der Waals surface area (Å²) in [6.07, 6.45) is -30.7. The zero-order chi connectivity index (χ0) is 31.6. The predicted molar refractivity (Wildman–Crippen MR) is 75.5 cm³/mol. The van der Waals surface area contributed by atoms with E-state index in [1.165, 1.54) is 0 Å². The molecule has 0 bridgehead atoms. The number of nitrogens with two attached hydrogens (primary N) is 2. The molecule has 0 amide bonds. The molecule has 0 aliphatic carbocycles. The summed E-state index contributed by atoms with van der Waals surface area (Å²) in [7, 11) is 0. The third kappa shape index (κ3) is 4.94. The van der Waals surface area contributed by atoms with Crippen molar-refractivity contribution in [3.05, 3.63) is 0 Å². The largest absolute Gasteiger partial charge is 0.456 e. The van der Waals surface area contributed by atoms with Gasteiger partial charge in [-0.25, -0.2) is 0 Å². The van der Waals surface area contributed by atoms with E-state index in [0.29, 0.717) is 0 Å². The lowest BCUT2D eigenvalue weighted by Gasteiger charge is -2.42. The topological polar surface area (TPSA) is 118 Å². The molecule has 0 aromatic rings. The lowest BCUT2D eigenvalue weighted by molar-refractivity contribution is -0.506. The van der Waals surface area contributed by atoms with Crippen LogP contribution in [0.3, 0.4) is 0 Å². The summed E-state index contributed by atoms with van der Waals surface area (Å²) in [5, 5.41) is 12.1. The smallest absolute Gasteiger partial charge is 0.383 e. The van der Waals surface area contributed by atoms with Gasteiger partial charge in [0, 0.05) is 0 Å². The van der Waals surface area contributed by atoms with Gasteiger partial charge in [0.1, 0.15) is 0 Å². The fraction of sp³-hybridized carbons (Fsp3) is 0.833. The molecule has 6 N–H and O–H groups in total. The molecule has 38 heavy (non-hydrogen) atoms. The van der Waals surface area contributed by atoms with Crippen molar-refractivity contribution in [2.24, 2.45) is 11.5 Å². The van der Waals surface area contributed by atoms with E-state index in [-0.39, 0.29) is 0 Å². The number of rotatable bonds is 11. The molecule has 0 aromatic heterocycles. The number of ether oxygens (including phenoxy) is 2. The van der Waals surface area contributed by atoms with Gasteiger partial charge in [-0.3, -0.25) is 20.3 Å². The van der Waals surface area contributed by atoms with Crippen LogP contribution in [0.25, 0.3) is 0 Å². The fourth-order valence-electron chi connectivity index (χ4n) is 1.77. The van der Waals surface area contributed by atoms with Crippen molar-refractivity contribution in [2.45, 2.75) is 60.0 Å². The summed E-state index contributed by atoms with van der Waals surface area (Å²) in [4.78, 5) is 0. The molecule has 0 heterocycles. The summed E-state index contributed by atoms with van der Waals surface area (Å²) < 4.78 is 267. The van der Waals surface area contributed by atoms with Crippen LogP contribution in [0, 0.1) is 10.8 Å². The lowest BCUT2D eigenvalue weighted by Crippen LogP contribution is -2.73. The van der Waals surface area contributed by atoms with Crippen molar-refractivity contribution in [2.75, 3.05) is 0 Å². The van der Waals surface area contributed by atoms with Crippen LogP contribution in [-0.4, -0.2) is 71.6 Å². The van der Waals surface area contributed by atoms with Crippen LogP contribution in [-0.2, 0) is 9.47 Å². The van der Waals surface area contributed by atoms with Crippen molar-refractivity contribution < 1.29 is 97.3 Å². The Kier molecular flexibility index (Phi) is 8.40. The zero-order valence-corrected chi connectivity index (χ0v) is 16.5. The van der Waals surface area contributed by atoms with Crippen molar-refractivity contribution in [1.29, 1.82) is 10.8 Å². The molecule has 2 unspecified atom stereocenters. The van der Waals surface area contributed by atoms with Crippen LogP contribution in [0.2, 0.25) is 0 Å². The summed E-state index contributed by atoms with van der Waals surface area (Å²) in [5.74, 6) is -55.5. The van der Waals surface area contributed by atoms with E-state index in [1.807, 2.05) is 0 Å². The molecular formula is C12H6F20N4O2. The first-order valence-corrected chi connectivity index (χ1v) is 7.92. The fourth-order valence-corrected chi connectivity index (χ4v) is 1.77. The van der Waals surface area contributed by atoms with E-state index in [4.69, 9.17) is 10.8 Å². The van der Waals surface area contributed by atoms with Crippen molar-refractivity contribution in [3.8, 4) is 0 Å². The maximum atomic E-state index is 13.6. The van der Waals surface area contributed by atoms with Gasteiger partial charge < -0.3 is 11.5 Å². The molecule has 0 rings (SSSR count). The molecule has 0 aliphatic heterocycles. The normalized spacial score (nSPS) is 18.5. The first-order valence-electron chi connectivity index (χ1n) is 7.92. The molecule has 26 heteroatoms. The van der Waals surface area contributed by atoms with Crippen molar-refractivity contribution in [3.63, 3.8) is 0 Å². The van der Waals surface area contributed by atoms with Gasteiger partial charge in [0.15, 0.2) is 11.7 Å². The Morgan fingerprint density at radius 3 is 0.711 bits per heavy atom. The number of alkyl halides is 20. The highest BCUT2D eigenvalue weighted by atomic mass is 19.4. The quantitative estimate of drug-likeness (QED) is 0.147. The first-order chi connectivity index (χ1) is 16.1. The molecule has 0 radical (unpaired) electrons. The summed E-state index contributed by atoms with van der Waals surface area (Å²) in [6, 6.07) is 0. The third-order valence-corrected chi connectivity index (χ3v) is 3.87. The van der Waals surface area contributed by atoms with E-state index in [0.717, 1.165) is 0 Å². The number of amidine groups is 2. The molecule has 0 aliphatic rings. The predicted octanol–water partition coefficient (Wildman–Crippen LogP) is 5.07. The number of nitrogens with one attached hydrogen (secondary N) is 2. The van der Waals surface area contributed by atoms with Gasteiger partial charge in [0.2, 0.25) is 0 Å². The first kappa shape index (κ1) is 35.5. The molecule has 226 valence electrons. The van der Waals surface area contributed by atoms with E-state index < -0.39 is 71.6 Å². The average molecular weight is 618 g/mol. The molecule has 0 aromatic carbocycles. The van der Waals surface area contributed by atoms with Crippen LogP contribution in [0.5, 0.6) is 0 Å². The Morgan fingerprint density at radius 1 is 0.395 bits per heavy atom. The second kappa shape index (κ2) is 9.00. The SMILES string of the molecule is N=C(N)C(F)(OC(F)(F)C(F)(F)C(F)(F)C(F)(F)C(F)(F)C(F)(F)OC(F)(C(=N)N)C(F)(F)F)C(F)(F)F. The van der Waals surface area contributed by atoms with Gasteiger partial charge in [0.05, 0.1) is 0 Å². The number of hydrogen-bond donors (Lipinski definition) is 4. The summed E-state index contributed by atoms with van der Waals surface area (Å²) in [5.41, 5.74) is 7.61. The van der Waals surface area contributed by atoms with Gasteiger partial charge in [-0.2, -0.15) is 87.8 Å². The van der Waals surface area contributed by atoms with Crippen LogP contribution < -0.4 is 11.5 Å². The number of hydrogen-bond acceptors (Lipinski definition) is 4. The van der Waals surface area contributed by atoms with Gasteiger partial charge >= 0.3 is 60.0 Å². The average Bonchev–Trinajstić information content (AvgIpc) is 2.64. The Balaban J connectivity index is 6.92. The summed E-state index contributed by atoms with van der Waals surface area (Å²) in [6.45, 7) is 0. The van der Waals surface area contributed by atoms with Crippen LogP contribution in [0.15, 0.2) is 0 Å². The van der Waals surface area contributed by atoms with Gasteiger partial charge in [-0.1, -0.05) is 0 Å². The highest BCUT2D eigenvalue weighted by Gasteiger charge is 2.93. The zero-order valence-electron chi connectivity index (χ0n) is 16.5. The Labute approximate surface area is 192 Å². The minimum atomic E-state index is -8.89. The van der Waals surface area contributed by atoms with E-state index in [1.54, 1.807) is 9.47 Å². The molecule has 0 saturated carbocycles.